The number of amides is 1. The lowest BCUT2D eigenvalue weighted by Gasteiger charge is -2.08. The molecule has 0 saturated heterocycles. The number of rotatable bonds is 5. The molecule has 2 rings (SSSR count). The number of nitrogens with two attached hydrogens (primary N) is 1. The highest BCUT2D eigenvalue weighted by atomic mass is 32.1. The SMILES string of the molecule is CC(C)C1=NOC(C(=O)NCCc2nnc(N)s2)C1. The van der Waals surface area contributed by atoms with Gasteiger partial charge in [0.1, 0.15) is 5.01 Å². The van der Waals surface area contributed by atoms with Gasteiger partial charge in [0.2, 0.25) is 11.2 Å². The minimum absolute atomic E-state index is 0.142. The largest absolute Gasteiger partial charge is 0.382 e. The lowest BCUT2D eigenvalue weighted by Crippen LogP contribution is -2.36. The number of aromatic nitrogens is 2. The predicted octanol–water partition coefficient (Wildman–Crippen LogP) is 0.580. The Kier molecular flexibility index (Phi) is 4.31. The van der Waals surface area contributed by atoms with Crippen LogP contribution in [-0.2, 0) is 16.1 Å². The molecule has 2 heterocycles. The van der Waals surface area contributed by atoms with Crippen LogP contribution in [0, 0.1) is 5.92 Å². The van der Waals surface area contributed by atoms with Gasteiger partial charge in [-0.2, -0.15) is 0 Å². The number of hydrogen-bond acceptors (Lipinski definition) is 7. The van der Waals surface area contributed by atoms with Crippen molar-refractivity contribution in [3.63, 3.8) is 0 Å². The van der Waals surface area contributed by atoms with E-state index in [1.807, 2.05) is 13.8 Å². The summed E-state index contributed by atoms with van der Waals surface area (Å²) in [5.41, 5.74) is 6.40. The lowest BCUT2D eigenvalue weighted by molar-refractivity contribution is -0.131. The molecule has 0 spiro atoms. The van der Waals surface area contributed by atoms with E-state index >= 15 is 0 Å². The Morgan fingerprint density at radius 1 is 1.58 bits per heavy atom. The minimum atomic E-state index is -0.503. The van der Waals surface area contributed by atoms with Crippen LogP contribution in [0.3, 0.4) is 0 Å². The molecule has 0 bridgehead atoms. The van der Waals surface area contributed by atoms with E-state index in [2.05, 4.69) is 20.7 Å². The van der Waals surface area contributed by atoms with Crippen molar-refractivity contribution < 1.29 is 9.63 Å². The van der Waals surface area contributed by atoms with Crippen molar-refractivity contribution in [2.75, 3.05) is 12.3 Å². The van der Waals surface area contributed by atoms with Crippen molar-refractivity contribution >= 4 is 28.1 Å². The molecule has 0 saturated carbocycles. The Morgan fingerprint density at radius 2 is 2.37 bits per heavy atom. The highest BCUT2D eigenvalue weighted by Gasteiger charge is 2.28. The van der Waals surface area contributed by atoms with Crippen molar-refractivity contribution in [2.45, 2.75) is 32.8 Å². The van der Waals surface area contributed by atoms with Crippen LogP contribution in [-0.4, -0.2) is 34.5 Å². The second-order valence-corrected chi connectivity index (χ2v) is 5.70. The van der Waals surface area contributed by atoms with Gasteiger partial charge < -0.3 is 15.9 Å². The molecule has 1 aromatic rings. The maximum atomic E-state index is 11.8. The molecule has 0 aliphatic carbocycles. The first-order valence-electron chi connectivity index (χ1n) is 6.14. The fraction of sp³-hybridized carbons (Fsp3) is 0.636. The molecular formula is C11H17N5O2S. The standard InChI is InChI=1S/C11H17N5O2S/c1-6(2)7-5-8(18-16-7)10(17)13-4-3-9-14-15-11(12)19-9/h6,8H,3-5H2,1-2H3,(H2,12,15)(H,13,17). The van der Waals surface area contributed by atoms with Crippen LogP contribution < -0.4 is 11.1 Å². The van der Waals surface area contributed by atoms with Crippen molar-refractivity contribution in [1.82, 2.24) is 15.5 Å². The second kappa shape index (κ2) is 5.96. The maximum absolute atomic E-state index is 11.8. The zero-order chi connectivity index (χ0) is 13.8. The van der Waals surface area contributed by atoms with Gasteiger partial charge in [0.15, 0.2) is 0 Å². The van der Waals surface area contributed by atoms with Crippen molar-refractivity contribution in [2.24, 2.45) is 11.1 Å². The van der Waals surface area contributed by atoms with Crippen LogP contribution in [0.4, 0.5) is 5.13 Å². The molecule has 7 nitrogen and oxygen atoms in total. The van der Waals surface area contributed by atoms with Crippen LogP contribution >= 0.6 is 11.3 Å². The summed E-state index contributed by atoms with van der Waals surface area (Å²) in [5.74, 6) is 0.166. The van der Waals surface area contributed by atoms with Crippen molar-refractivity contribution in [3.05, 3.63) is 5.01 Å². The molecule has 1 atom stereocenters. The fourth-order valence-corrected chi connectivity index (χ4v) is 2.26. The van der Waals surface area contributed by atoms with E-state index in [-0.39, 0.29) is 5.91 Å². The first-order valence-corrected chi connectivity index (χ1v) is 6.96. The zero-order valence-electron chi connectivity index (χ0n) is 10.9. The number of nitrogen functional groups attached to an aromatic ring is 1. The smallest absolute Gasteiger partial charge is 0.264 e. The monoisotopic (exact) mass is 283 g/mol. The van der Waals surface area contributed by atoms with Gasteiger partial charge in [0.05, 0.1) is 5.71 Å². The van der Waals surface area contributed by atoms with Crippen LogP contribution in [0.25, 0.3) is 0 Å². The molecule has 0 fully saturated rings. The van der Waals surface area contributed by atoms with Crippen LogP contribution in [0.2, 0.25) is 0 Å². The molecule has 1 aliphatic rings. The van der Waals surface area contributed by atoms with Crippen LogP contribution in [0.15, 0.2) is 5.16 Å². The van der Waals surface area contributed by atoms with Gasteiger partial charge in [0.25, 0.3) is 5.91 Å². The normalized spacial score (nSPS) is 18.3. The zero-order valence-corrected chi connectivity index (χ0v) is 11.7. The van der Waals surface area contributed by atoms with Gasteiger partial charge in [-0.15, -0.1) is 10.2 Å². The highest BCUT2D eigenvalue weighted by Crippen LogP contribution is 2.16. The number of carbonyl (C=O) groups excluding carboxylic acids is 1. The van der Waals surface area contributed by atoms with Gasteiger partial charge in [0, 0.05) is 19.4 Å². The summed E-state index contributed by atoms with van der Waals surface area (Å²) >= 11 is 1.33. The Morgan fingerprint density at radius 3 is 2.95 bits per heavy atom. The summed E-state index contributed by atoms with van der Waals surface area (Å²) in [5, 5.41) is 15.6. The van der Waals surface area contributed by atoms with Gasteiger partial charge in [-0.05, 0) is 5.92 Å². The number of hydrogen-bond donors (Lipinski definition) is 2. The molecular weight excluding hydrogens is 266 g/mol. The van der Waals surface area contributed by atoms with E-state index in [4.69, 9.17) is 10.6 Å². The first kappa shape index (κ1) is 13.7. The quantitative estimate of drug-likeness (QED) is 0.823. The van der Waals surface area contributed by atoms with Gasteiger partial charge in [-0.3, -0.25) is 4.79 Å². The summed E-state index contributed by atoms with van der Waals surface area (Å²) in [7, 11) is 0. The Bertz CT molecular complexity index is 485. The molecule has 1 amide bonds. The molecule has 1 aliphatic heterocycles. The second-order valence-electron chi connectivity index (χ2n) is 4.61. The van der Waals surface area contributed by atoms with E-state index in [0.29, 0.717) is 30.4 Å². The third kappa shape index (κ3) is 3.63. The van der Waals surface area contributed by atoms with Crippen LogP contribution in [0.5, 0.6) is 0 Å². The number of nitrogens with one attached hydrogen (secondary N) is 1. The van der Waals surface area contributed by atoms with E-state index < -0.39 is 6.10 Å². The third-order valence-electron chi connectivity index (χ3n) is 2.77. The van der Waals surface area contributed by atoms with E-state index in [0.717, 1.165) is 10.7 Å². The average molecular weight is 283 g/mol. The van der Waals surface area contributed by atoms with E-state index in [1.165, 1.54) is 11.3 Å². The van der Waals surface area contributed by atoms with Gasteiger partial charge in [-0.1, -0.05) is 30.3 Å². The Balaban J connectivity index is 1.71. The molecule has 1 aromatic heterocycles. The fourth-order valence-electron chi connectivity index (χ4n) is 1.65. The number of nitrogens with zero attached hydrogens (tertiary/aromatic N) is 3. The van der Waals surface area contributed by atoms with E-state index in [9.17, 15) is 4.79 Å². The van der Waals surface area contributed by atoms with Crippen molar-refractivity contribution in [3.8, 4) is 0 Å². The molecule has 104 valence electrons. The molecule has 3 N–H and O–H groups in total. The first-order chi connectivity index (χ1) is 9.06. The molecule has 8 heteroatoms. The summed E-state index contributed by atoms with van der Waals surface area (Å²) in [4.78, 5) is 17.0. The number of oxime groups is 1. The number of carbonyl (C=O) groups is 1. The molecule has 1 unspecified atom stereocenters. The summed E-state index contributed by atoms with van der Waals surface area (Å²) < 4.78 is 0. The topological polar surface area (TPSA) is 102 Å². The van der Waals surface area contributed by atoms with E-state index in [1.54, 1.807) is 0 Å². The predicted molar refractivity (Wildman–Crippen MR) is 72.8 cm³/mol. The summed E-state index contributed by atoms with van der Waals surface area (Å²) in [6.45, 7) is 4.55. The molecule has 19 heavy (non-hydrogen) atoms. The molecule has 0 aromatic carbocycles. The highest BCUT2D eigenvalue weighted by molar-refractivity contribution is 7.15. The molecule has 0 radical (unpaired) electrons. The maximum Gasteiger partial charge on any atom is 0.264 e. The third-order valence-corrected chi connectivity index (χ3v) is 3.58. The van der Waals surface area contributed by atoms with Crippen molar-refractivity contribution in [1.29, 1.82) is 0 Å². The lowest BCUT2D eigenvalue weighted by atomic mass is 10.0. The summed E-state index contributed by atoms with van der Waals surface area (Å²) in [6.07, 6.45) is 0.678. The number of anilines is 1. The van der Waals surface area contributed by atoms with Gasteiger partial charge >= 0.3 is 0 Å². The minimum Gasteiger partial charge on any atom is -0.382 e. The Labute approximate surface area is 115 Å². The summed E-state index contributed by atoms with van der Waals surface area (Å²) in [6, 6.07) is 0. The van der Waals surface area contributed by atoms with Gasteiger partial charge in [-0.25, -0.2) is 0 Å². The average Bonchev–Trinajstić information content (AvgIpc) is 2.98. The van der Waals surface area contributed by atoms with Crippen LogP contribution in [0.1, 0.15) is 25.3 Å². The Hall–Kier alpha value is -1.70.